The van der Waals surface area contributed by atoms with Crippen LogP contribution >= 0.6 is 23.2 Å². The molecule has 0 saturated carbocycles. The molecule has 2 saturated heterocycles. The van der Waals surface area contributed by atoms with E-state index >= 15 is 0 Å². The molecule has 10 heteroatoms. The van der Waals surface area contributed by atoms with Gasteiger partial charge in [0.05, 0.1) is 5.02 Å². The van der Waals surface area contributed by atoms with Gasteiger partial charge in [-0.2, -0.15) is 0 Å². The molecule has 1 N–H and O–H groups in total. The van der Waals surface area contributed by atoms with Gasteiger partial charge in [0.1, 0.15) is 16.7 Å². The third kappa shape index (κ3) is 5.79. The highest BCUT2D eigenvalue weighted by atomic mass is 35.5. The van der Waals surface area contributed by atoms with Gasteiger partial charge in [-0.25, -0.2) is 17.9 Å². The molecule has 2 aliphatic heterocycles. The molecule has 0 aliphatic carbocycles. The first-order valence-corrected chi connectivity index (χ1v) is 13.7. The molecule has 7 nitrogen and oxygen atoms in total. The van der Waals surface area contributed by atoms with Crippen LogP contribution in [0.25, 0.3) is 0 Å². The van der Waals surface area contributed by atoms with E-state index in [9.17, 15) is 13.2 Å². The number of hydrogen-bond acceptors (Lipinski definition) is 5. The van der Waals surface area contributed by atoms with Crippen LogP contribution in [0.4, 0.5) is 4.79 Å². The van der Waals surface area contributed by atoms with Gasteiger partial charge in [-0.05, 0) is 56.9 Å². The van der Waals surface area contributed by atoms with Gasteiger partial charge >= 0.3 is 6.03 Å². The van der Waals surface area contributed by atoms with Crippen LogP contribution < -0.4 is 9.46 Å². The molecule has 4 rings (SSSR count). The highest BCUT2D eigenvalue weighted by molar-refractivity contribution is 7.90. The fraction of sp³-hybridized carbons (Fsp3) is 0.458. The number of rotatable bonds is 5. The van der Waals surface area contributed by atoms with Crippen LogP contribution in [0, 0.1) is 6.92 Å². The van der Waals surface area contributed by atoms with Crippen molar-refractivity contribution in [1.29, 1.82) is 0 Å². The number of benzene rings is 2. The van der Waals surface area contributed by atoms with Gasteiger partial charge in [0, 0.05) is 42.8 Å². The lowest BCUT2D eigenvalue weighted by atomic mass is 9.99. The van der Waals surface area contributed by atoms with Crippen LogP contribution in [0.1, 0.15) is 31.2 Å². The van der Waals surface area contributed by atoms with Crippen molar-refractivity contribution in [2.45, 2.75) is 49.6 Å². The number of carbonyl (C=O) groups is 1. The molecular formula is C24H29Cl2N3O4S. The SMILES string of the molecule is Cc1c(Cl)cccc1OC1CCN(C2CCN(C(=O)NS(=O)(=O)c3ccccc3Cl)CC2)CC1. The highest BCUT2D eigenvalue weighted by Gasteiger charge is 2.32. The lowest BCUT2D eigenvalue weighted by Crippen LogP contribution is -2.52. The van der Waals surface area contributed by atoms with E-state index < -0.39 is 16.1 Å². The maximum Gasteiger partial charge on any atom is 0.331 e. The zero-order valence-electron chi connectivity index (χ0n) is 19.0. The summed E-state index contributed by atoms with van der Waals surface area (Å²) >= 11 is 12.2. The summed E-state index contributed by atoms with van der Waals surface area (Å²) in [6.07, 6.45) is 3.64. The Labute approximate surface area is 211 Å². The summed E-state index contributed by atoms with van der Waals surface area (Å²) in [7, 11) is -4.02. The first-order valence-electron chi connectivity index (χ1n) is 11.5. The summed E-state index contributed by atoms with van der Waals surface area (Å²) < 4.78 is 33.5. The van der Waals surface area contributed by atoms with Crippen molar-refractivity contribution in [2.24, 2.45) is 0 Å². The zero-order valence-corrected chi connectivity index (χ0v) is 21.4. The van der Waals surface area contributed by atoms with Crippen molar-refractivity contribution >= 4 is 39.3 Å². The van der Waals surface area contributed by atoms with Crippen molar-refractivity contribution < 1.29 is 17.9 Å². The molecule has 34 heavy (non-hydrogen) atoms. The number of amides is 2. The van der Waals surface area contributed by atoms with Gasteiger partial charge in [0.25, 0.3) is 10.0 Å². The molecule has 2 aromatic carbocycles. The lowest BCUT2D eigenvalue weighted by Gasteiger charge is -2.41. The van der Waals surface area contributed by atoms with Crippen LogP contribution in [0.15, 0.2) is 47.4 Å². The highest BCUT2D eigenvalue weighted by Crippen LogP contribution is 2.29. The van der Waals surface area contributed by atoms with E-state index in [0.29, 0.717) is 24.2 Å². The molecule has 0 aromatic heterocycles. The Balaban J connectivity index is 1.25. The van der Waals surface area contributed by atoms with Crippen molar-refractivity contribution in [3.8, 4) is 5.75 Å². The predicted octanol–water partition coefficient (Wildman–Crippen LogP) is 4.71. The number of carbonyl (C=O) groups excluding carboxylic acids is 1. The Hall–Kier alpha value is -2.00. The number of likely N-dealkylation sites (tertiary alicyclic amines) is 2. The van der Waals surface area contributed by atoms with E-state index in [2.05, 4.69) is 9.62 Å². The molecule has 0 bridgehead atoms. The fourth-order valence-electron chi connectivity index (χ4n) is 4.58. The van der Waals surface area contributed by atoms with Gasteiger partial charge in [0.2, 0.25) is 0 Å². The quantitative estimate of drug-likeness (QED) is 0.611. The van der Waals surface area contributed by atoms with E-state index in [4.69, 9.17) is 27.9 Å². The summed E-state index contributed by atoms with van der Waals surface area (Å²) in [6.45, 7) is 4.85. The molecule has 2 aliphatic rings. The van der Waals surface area contributed by atoms with Gasteiger partial charge in [-0.1, -0.05) is 41.4 Å². The van der Waals surface area contributed by atoms with Crippen LogP contribution in [-0.2, 0) is 10.0 Å². The maximum atomic E-state index is 12.6. The number of ether oxygens (including phenoxy) is 1. The fourth-order valence-corrected chi connectivity index (χ4v) is 6.24. The average molecular weight is 526 g/mol. The minimum Gasteiger partial charge on any atom is -0.490 e. The van der Waals surface area contributed by atoms with E-state index in [1.807, 2.05) is 25.1 Å². The monoisotopic (exact) mass is 525 g/mol. The van der Waals surface area contributed by atoms with Gasteiger partial charge in [-0.3, -0.25) is 4.90 Å². The van der Waals surface area contributed by atoms with Crippen LogP contribution in [0.3, 0.4) is 0 Å². The Morgan fingerprint density at radius 3 is 2.26 bits per heavy atom. The molecule has 0 radical (unpaired) electrons. The third-order valence-electron chi connectivity index (χ3n) is 6.60. The first-order chi connectivity index (χ1) is 16.2. The second kappa shape index (κ2) is 10.7. The minimum absolute atomic E-state index is 0.0828. The number of hydrogen-bond donors (Lipinski definition) is 1. The summed E-state index contributed by atoms with van der Waals surface area (Å²) in [6, 6.07) is 11.6. The molecule has 0 unspecified atom stereocenters. The van der Waals surface area contributed by atoms with Gasteiger partial charge in [0.15, 0.2) is 0 Å². The lowest BCUT2D eigenvalue weighted by molar-refractivity contribution is 0.0537. The molecule has 2 heterocycles. The number of sulfonamides is 1. The molecule has 0 atom stereocenters. The standard InChI is InChI=1S/C24H29Cl2N3O4S/c1-17-20(25)6-4-7-22(17)33-19-11-15-28(16-12-19)18-9-13-29(14-10-18)24(30)27-34(31,32)23-8-3-2-5-21(23)26/h2-8,18-19H,9-16H2,1H3,(H,27,30). The van der Waals surface area contributed by atoms with E-state index in [1.54, 1.807) is 17.0 Å². The number of halogens is 2. The number of nitrogens with one attached hydrogen (secondary N) is 1. The predicted molar refractivity (Wildman–Crippen MR) is 133 cm³/mol. The second-order valence-electron chi connectivity index (χ2n) is 8.78. The number of piperidine rings is 2. The minimum atomic E-state index is -4.02. The largest absolute Gasteiger partial charge is 0.490 e. The molecule has 2 fully saturated rings. The Morgan fingerprint density at radius 2 is 1.59 bits per heavy atom. The van der Waals surface area contributed by atoms with Crippen LogP contribution in [0.5, 0.6) is 5.75 Å². The van der Waals surface area contributed by atoms with Crippen LogP contribution in [-0.4, -0.2) is 62.6 Å². The average Bonchev–Trinajstić information content (AvgIpc) is 2.82. The Bertz CT molecular complexity index is 1130. The smallest absolute Gasteiger partial charge is 0.331 e. The van der Waals surface area contributed by atoms with Crippen molar-refractivity contribution in [3.63, 3.8) is 0 Å². The molecule has 0 spiro atoms. The maximum absolute atomic E-state index is 12.6. The molecule has 2 amide bonds. The summed E-state index contributed by atoms with van der Waals surface area (Å²) in [4.78, 5) is 16.5. The van der Waals surface area contributed by atoms with E-state index in [1.165, 1.54) is 12.1 Å². The zero-order chi connectivity index (χ0) is 24.3. The topological polar surface area (TPSA) is 79.0 Å². The molecular weight excluding hydrogens is 497 g/mol. The molecule has 184 valence electrons. The molecule has 2 aromatic rings. The van der Waals surface area contributed by atoms with Gasteiger partial charge < -0.3 is 9.64 Å². The van der Waals surface area contributed by atoms with E-state index in [0.717, 1.165) is 50.1 Å². The van der Waals surface area contributed by atoms with E-state index in [-0.39, 0.29) is 16.0 Å². The van der Waals surface area contributed by atoms with Crippen molar-refractivity contribution in [1.82, 2.24) is 14.5 Å². The first kappa shape index (κ1) is 25.1. The van der Waals surface area contributed by atoms with Crippen molar-refractivity contribution in [2.75, 3.05) is 26.2 Å². The van der Waals surface area contributed by atoms with Crippen LogP contribution in [0.2, 0.25) is 10.0 Å². The van der Waals surface area contributed by atoms with Crippen molar-refractivity contribution in [3.05, 3.63) is 58.1 Å². The summed E-state index contributed by atoms with van der Waals surface area (Å²) in [5.74, 6) is 0.844. The summed E-state index contributed by atoms with van der Waals surface area (Å²) in [5, 5.41) is 0.796. The Morgan fingerprint density at radius 1 is 0.941 bits per heavy atom. The third-order valence-corrected chi connectivity index (χ3v) is 8.83. The Kier molecular flexibility index (Phi) is 7.92. The normalized spacial score (nSPS) is 18.6. The summed E-state index contributed by atoms with van der Waals surface area (Å²) in [5.41, 5.74) is 0.966. The number of nitrogens with zero attached hydrogens (tertiary/aromatic N) is 2. The van der Waals surface area contributed by atoms with Gasteiger partial charge in [-0.15, -0.1) is 0 Å². The second-order valence-corrected chi connectivity index (χ2v) is 11.2. The number of urea groups is 1.